The number of oxazole rings is 1. The number of nitrogens with one attached hydrogen (secondary N) is 1. The molecule has 10 nitrogen and oxygen atoms in total. The Morgan fingerprint density at radius 3 is 2.36 bits per heavy atom. The van der Waals surface area contributed by atoms with Gasteiger partial charge in [-0.3, -0.25) is 9.36 Å². The minimum atomic E-state index is -4.04. The summed E-state index contributed by atoms with van der Waals surface area (Å²) >= 11 is 0. The van der Waals surface area contributed by atoms with Gasteiger partial charge in [-0.15, -0.1) is 0 Å². The van der Waals surface area contributed by atoms with Crippen LogP contribution in [0, 0.1) is 5.92 Å². The highest BCUT2D eigenvalue weighted by Crippen LogP contribution is 2.22. The molecule has 2 aromatic carbocycles. The van der Waals surface area contributed by atoms with Crippen molar-refractivity contribution in [2.45, 2.75) is 31.2 Å². The van der Waals surface area contributed by atoms with E-state index in [9.17, 15) is 18.0 Å². The summed E-state index contributed by atoms with van der Waals surface area (Å²) in [6, 6.07) is 11.1. The Kier molecular flexibility index (Phi) is 7.41. The zero-order chi connectivity index (χ0) is 26.0. The first kappa shape index (κ1) is 25.8. The second kappa shape index (κ2) is 10.4. The van der Waals surface area contributed by atoms with Gasteiger partial charge < -0.3 is 19.0 Å². The number of carbonyl (C=O) groups excluding carboxylic acids is 1. The number of carbonyl (C=O) groups is 1. The number of aromatic nitrogens is 1. The maximum absolute atomic E-state index is 13.4. The van der Waals surface area contributed by atoms with Crippen molar-refractivity contribution in [3.63, 3.8) is 0 Å². The topological polar surface area (TPSA) is 114 Å². The molecule has 0 aliphatic carbocycles. The SMILES string of the molecule is COc1ccc(N2CCN(C(=O)[C@@H](CC(C)C)NS(=O)(=O)c3ccc4c(c3)oc(=O)n4C)CC2)cc1. The molecular formula is C25H32N4O6S. The van der Waals surface area contributed by atoms with Gasteiger partial charge in [-0.2, -0.15) is 4.72 Å². The van der Waals surface area contributed by atoms with Gasteiger partial charge in [0.25, 0.3) is 0 Å². The standard InChI is InChI=1S/C25H32N4O6S/c1-17(2)15-21(26-36(32,33)20-9-10-22-23(16-20)35-25(31)27(22)3)24(30)29-13-11-28(12-14-29)18-5-7-19(34-4)8-6-18/h5-10,16-17,21,26H,11-15H2,1-4H3/t21-/m1/s1. The molecule has 2 heterocycles. The third-order valence-electron chi connectivity index (χ3n) is 6.41. The predicted octanol–water partition coefficient (Wildman–Crippen LogP) is 2.18. The lowest BCUT2D eigenvalue weighted by Gasteiger charge is -2.38. The van der Waals surface area contributed by atoms with E-state index >= 15 is 0 Å². The highest BCUT2D eigenvalue weighted by atomic mass is 32.2. The van der Waals surface area contributed by atoms with Gasteiger partial charge in [0, 0.05) is 45.0 Å². The fourth-order valence-electron chi connectivity index (χ4n) is 4.41. The zero-order valence-corrected chi connectivity index (χ0v) is 21.7. The van der Waals surface area contributed by atoms with Crippen LogP contribution in [0.5, 0.6) is 5.75 Å². The van der Waals surface area contributed by atoms with E-state index < -0.39 is 21.8 Å². The van der Waals surface area contributed by atoms with Crippen LogP contribution in [0.2, 0.25) is 0 Å². The highest BCUT2D eigenvalue weighted by molar-refractivity contribution is 7.89. The molecule has 0 unspecified atom stereocenters. The van der Waals surface area contributed by atoms with Gasteiger partial charge in [0.15, 0.2) is 5.58 Å². The fourth-order valence-corrected chi connectivity index (χ4v) is 5.62. The van der Waals surface area contributed by atoms with Crippen LogP contribution in [0.4, 0.5) is 5.69 Å². The molecule has 0 spiro atoms. The molecule has 1 fully saturated rings. The number of hydrogen-bond donors (Lipinski definition) is 1. The number of benzene rings is 2. The molecule has 3 aromatic rings. The van der Waals surface area contributed by atoms with Crippen LogP contribution >= 0.6 is 0 Å². The van der Waals surface area contributed by atoms with Crippen LogP contribution < -0.4 is 20.1 Å². The molecule has 4 rings (SSSR count). The van der Waals surface area contributed by atoms with E-state index in [4.69, 9.17) is 9.15 Å². The summed E-state index contributed by atoms with van der Waals surface area (Å²) in [5, 5.41) is 0. The molecule has 194 valence electrons. The number of piperazine rings is 1. The summed E-state index contributed by atoms with van der Waals surface area (Å²) in [5.74, 6) is 0.0601. The molecule has 1 aliphatic rings. The van der Waals surface area contributed by atoms with E-state index in [1.54, 1.807) is 19.1 Å². The molecule has 1 aromatic heterocycles. The van der Waals surface area contributed by atoms with E-state index in [-0.39, 0.29) is 22.3 Å². The number of aryl methyl sites for hydroxylation is 1. The van der Waals surface area contributed by atoms with Crippen LogP contribution in [0.25, 0.3) is 11.1 Å². The monoisotopic (exact) mass is 516 g/mol. The summed E-state index contributed by atoms with van der Waals surface area (Å²) in [7, 11) is -0.864. The van der Waals surface area contributed by atoms with Crippen molar-refractivity contribution in [1.82, 2.24) is 14.2 Å². The van der Waals surface area contributed by atoms with Gasteiger partial charge in [-0.05, 0) is 48.7 Å². The van der Waals surface area contributed by atoms with Crippen LogP contribution in [0.1, 0.15) is 20.3 Å². The lowest BCUT2D eigenvalue weighted by atomic mass is 10.0. The summed E-state index contributed by atoms with van der Waals surface area (Å²) in [5.41, 5.74) is 1.71. The minimum absolute atomic E-state index is 0.0600. The maximum Gasteiger partial charge on any atom is 0.419 e. The van der Waals surface area contributed by atoms with Crippen LogP contribution in [-0.4, -0.2) is 63.1 Å². The Labute approximate surface area is 210 Å². The maximum atomic E-state index is 13.4. The molecule has 1 atom stereocenters. The number of fused-ring (bicyclic) bond motifs is 1. The molecule has 36 heavy (non-hydrogen) atoms. The molecule has 1 N–H and O–H groups in total. The lowest BCUT2D eigenvalue weighted by molar-refractivity contribution is -0.133. The van der Waals surface area contributed by atoms with Gasteiger partial charge in [-0.25, -0.2) is 13.2 Å². The van der Waals surface area contributed by atoms with Gasteiger partial charge in [0.05, 0.1) is 17.5 Å². The Morgan fingerprint density at radius 1 is 1.08 bits per heavy atom. The second-order valence-corrected chi connectivity index (χ2v) is 11.1. The highest BCUT2D eigenvalue weighted by Gasteiger charge is 2.32. The zero-order valence-electron chi connectivity index (χ0n) is 20.9. The summed E-state index contributed by atoms with van der Waals surface area (Å²) in [6.45, 7) is 6.15. The van der Waals surface area contributed by atoms with Crippen molar-refractivity contribution >= 4 is 32.7 Å². The Hall–Kier alpha value is -3.31. The van der Waals surface area contributed by atoms with Crippen molar-refractivity contribution in [1.29, 1.82) is 0 Å². The number of sulfonamides is 1. The first-order valence-corrected chi connectivity index (χ1v) is 13.4. The van der Waals surface area contributed by atoms with Crippen molar-refractivity contribution < 1.29 is 22.4 Å². The van der Waals surface area contributed by atoms with Crippen molar-refractivity contribution in [2.24, 2.45) is 13.0 Å². The average Bonchev–Trinajstić information content (AvgIpc) is 3.15. The van der Waals surface area contributed by atoms with E-state index in [1.807, 2.05) is 38.1 Å². The molecule has 1 amide bonds. The van der Waals surface area contributed by atoms with Crippen molar-refractivity contribution in [3.05, 3.63) is 53.0 Å². The van der Waals surface area contributed by atoms with E-state index in [1.165, 1.54) is 22.8 Å². The average molecular weight is 517 g/mol. The van der Waals surface area contributed by atoms with Gasteiger partial charge in [0.2, 0.25) is 15.9 Å². The molecule has 1 saturated heterocycles. The van der Waals surface area contributed by atoms with E-state index in [2.05, 4.69) is 9.62 Å². The molecular weight excluding hydrogens is 484 g/mol. The normalized spacial score (nSPS) is 15.5. The summed E-state index contributed by atoms with van der Waals surface area (Å²) < 4.78 is 40.7. The van der Waals surface area contributed by atoms with E-state index in [0.29, 0.717) is 38.1 Å². The van der Waals surface area contributed by atoms with Gasteiger partial charge >= 0.3 is 5.76 Å². The van der Waals surface area contributed by atoms with Crippen molar-refractivity contribution in [2.75, 3.05) is 38.2 Å². The molecule has 1 aliphatic heterocycles. The largest absolute Gasteiger partial charge is 0.497 e. The van der Waals surface area contributed by atoms with Gasteiger partial charge in [0.1, 0.15) is 11.8 Å². The number of methoxy groups -OCH3 is 1. The molecule has 0 bridgehead atoms. The summed E-state index contributed by atoms with van der Waals surface area (Å²) in [4.78, 5) is 29.1. The summed E-state index contributed by atoms with van der Waals surface area (Å²) in [6.07, 6.45) is 0.361. The number of hydrogen-bond acceptors (Lipinski definition) is 7. The number of amides is 1. The third kappa shape index (κ3) is 5.41. The Morgan fingerprint density at radius 2 is 1.75 bits per heavy atom. The quantitative estimate of drug-likeness (QED) is 0.488. The first-order chi connectivity index (χ1) is 17.1. The number of rotatable bonds is 8. The molecule has 11 heteroatoms. The predicted molar refractivity (Wildman–Crippen MR) is 137 cm³/mol. The van der Waals surface area contributed by atoms with E-state index in [0.717, 1.165) is 11.4 Å². The molecule has 0 radical (unpaired) electrons. The second-order valence-electron chi connectivity index (χ2n) is 9.37. The first-order valence-electron chi connectivity index (χ1n) is 11.9. The van der Waals surface area contributed by atoms with Gasteiger partial charge in [-0.1, -0.05) is 13.8 Å². The Bertz CT molecular complexity index is 1390. The van der Waals surface area contributed by atoms with Crippen LogP contribution in [0.15, 0.2) is 56.6 Å². The lowest BCUT2D eigenvalue weighted by Crippen LogP contribution is -2.55. The van der Waals surface area contributed by atoms with Crippen LogP contribution in [0.3, 0.4) is 0 Å². The Balaban J connectivity index is 1.47. The molecule has 0 saturated carbocycles. The smallest absolute Gasteiger partial charge is 0.419 e. The number of ether oxygens (including phenoxy) is 1. The minimum Gasteiger partial charge on any atom is -0.497 e. The number of nitrogens with zero attached hydrogens (tertiary/aromatic N) is 3. The van der Waals surface area contributed by atoms with Crippen molar-refractivity contribution in [3.8, 4) is 5.75 Å². The number of anilines is 1. The third-order valence-corrected chi connectivity index (χ3v) is 7.87. The van der Waals surface area contributed by atoms with Crippen LogP contribution in [-0.2, 0) is 21.9 Å². The fraction of sp³-hybridized carbons (Fsp3) is 0.440.